The summed E-state index contributed by atoms with van der Waals surface area (Å²) in [4.78, 5) is 0. The van der Waals surface area contributed by atoms with Crippen LogP contribution in [0.15, 0.2) is 36.3 Å². The normalized spacial score (nSPS) is 12.5. The number of rotatable bonds is 9. The third-order valence-electron chi connectivity index (χ3n) is 3.70. The van der Waals surface area contributed by atoms with Crippen molar-refractivity contribution in [3.63, 3.8) is 0 Å². The molecule has 0 fully saturated rings. The van der Waals surface area contributed by atoms with Crippen LogP contribution < -0.4 is 5.32 Å². The maximum Gasteiger partial charge on any atom is 0.141 e. The Labute approximate surface area is 127 Å². The van der Waals surface area contributed by atoms with Crippen LogP contribution in [0, 0.1) is 0 Å². The molecule has 1 unspecified atom stereocenters. The summed E-state index contributed by atoms with van der Waals surface area (Å²) in [7, 11) is 2.06. The summed E-state index contributed by atoms with van der Waals surface area (Å²) in [5.74, 6) is 0. The van der Waals surface area contributed by atoms with Gasteiger partial charge < -0.3 is 0 Å². The van der Waals surface area contributed by atoms with Gasteiger partial charge in [-0.25, -0.2) is 4.68 Å². The number of unbranched alkanes of at least 4 members (excludes halogenated alkanes) is 2. The molecule has 2 aromatic rings. The molecule has 1 aromatic carbocycles. The van der Waals surface area contributed by atoms with Crippen LogP contribution in [0.4, 0.5) is 0 Å². The lowest BCUT2D eigenvalue weighted by Crippen LogP contribution is -2.29. The van der Waals surface area contributed by atoms with Crippen molar-refractivity contribution >= 4 is 18.3 Å². The highest BCUT2D eigenvalue weighted by molar-refractivity contribution is 6.43. The smallest absolute Gasteiger partial charge is 0.141 e. The number of hydrogen-bond acceptors (Lipinski definition) is 3. The summed E-state index contributed by atoms with van der Waals surface area (Å²) in [6.45, 7) is 9.32. The standard InChI is InChI=1S/C16H24BN4/c1-4-5-8-11-18-16(12-13(2)17-3)21-15-10-7-6-9-14(15)19-20-21/h6-7,9-10,16,18H,2,4-5,8,11-12H2,1,3H3. The summed E-state index contributed by atoms with van der Waals surface area (Å²) in [6, 6.07) is 8.07. The number of hydrogen-bond donors (Lipinski definition) is 1. The van der Waals surface area contributed by atoms with Crippen LogP contribution in [0.1, 0.15) is 38.8 Å². The van der Waals surface area contributed by atoms with Gasteiger partial charge in [-0.2, -0.15) is 0 Å². The maximum atomic E-state index is 4.33. The fraction of sp³-hybridized carbons (Fsp3) is 0.500. The summed E-state index contributed by atoms with van der Waals surface area (Å²) < 4.78 is 1.98. The van der Waals surface area contributed by atoms with E-state index in [2.05, 4.69) is 42.5 Å². The van der Waals surface area contributed by atoms with E-state index in [4.69, 9.17) is 0 Å². The molecule has 111 valence electrons. The van der Waals surface area contributed by atoms with E-state index >= 15 is 0 Å². The summed E-state index contributed by atoms with van der Waals surface area (Å²) in [6.07, 6.45) is 4.61. The lowest BCUT2D eigenvalue weighted by molar-refractivity contribution is 0.369. The zero-order valence-corrected chi connectivity index (χ0v) is 13.0. The van der Waals surface area contributed by atoms with Gasteiger partial charge in [-0.1, -0.05) is 43.9 Å². The van der Waals surface area contributed by atoms with Gasteiger partial charge in [-0.3, -0.25) is 5.32 Å². The van der Waals surface area contributed by atoms with Gasteiger partial charge in [0.2, 0.25) is 0 Å². The second-order valence-electron chi connectivity index (χ2n) is 5.35. The Morgan fingerprint density at radius 3 is 2.95 bits per heavy atom. The van der Waals surface area contributed by atoms with E-state index in [1.807, 2.05) is 29.7 Å². The average molecular weight is 283 g/mol. The van der Waals surface area contributed by atoms with Gasteiger partial charge in [0, 0.05) is 0 Å². The molecular formula is C16H24BN4. The average Bonchev–Trinajstić information content (AvgIpc) is 2.94. The zero-order valence-electron chi connectivity index (χ0n) is 13.0. The fourth-order valence-electron chi connectivity index (χ4n) is 2.37. The minimum absolute atomic E-state index is 0.109. The molecule has 0 spiro atoms. The van der Waals surface area contributed by atoms with Crippen molar-refractivity contribution in [2.24, 2.45) is 0 Å². The first-order valence-corrected chi connectivity index (χ1v) is 7.76. The Morgan fingerprint density at radius 2 is 2.19 bits per heavy atom. The van der Waals surface area contributed by atoms with Gasteiger partial charge >= 0.3 is 0 Å². The highest BCUT2D eigenvalue weighted by atomic mass is 15.5. The lowest BCUT2D eigenvalue weighted by Gasteiger charge is -2.20. The first-order chi connectivity index (χ1) is 10.3. The monoisotopic (exact) mass is 283 g/mol. The van der Waals surface area contributed by atoms with Gasteiger partial charge in [0.1, 0.15) is 19.0 Å². The van der Waals surface area contributed by atoms with Crippen molar-refractivity contribution in [1.29, 1.82) is 0 Å². The minimum Gasteiger partial charge on any atom is -0.295 e. The molecule has 2 rings (SSSR count). The zero-order chi connectivity index (χ0) is 15.1. The molecule has 0 saturated heterocycles. The maximum absolute atomic E-state index is 4.33. The van der Waals surface area contributed by atoms with Crippen molar-refractivity contribution in [3.05, 3.63) is 36.3 Å². The molecule has 0 saturated carbocycles. The van der Waals surface area contributed by atoms with E-state index in [1.54, 1.807) is 0 Å². The van der Waals surface area contributed by atoms with Crippen LogP contribution in [0.5, 0.6) is 0 Å². The van der Waals surface area contributed by atoms with E-state index in [1.165, 1.54) is 19.3 Å². The summed E-state index contributed by atoms with van der Waals surface area (Å²) in [5.41, 5.74) is 3.11. The molecule has 0 aliphatic carbocycles. The minimum atomic E-state index is 0.109. The molecule has 1 aromatic heterocycles. The second kappa shape index (κ2) is 7.98. The SMILES string of the molecule is C=C([B]C)CC(NCCCCC)n1nnc2ccccc21. The molecule has 1 heterocycles. The molecule has 1 radical (unpaired) electrons. The van der Waals surface area contributed by atoms with Crippen LogP contribution >= 0.6 is 0 Å². The van der Waals surface area contributed by atoms with Crippen LogP contribution in [0.2, 0.25) is 6.82 Å². The molecule has 1 atom stereocenters. The van der Waals surface area contributed by atoms with E-state index in [0.29, 0.717) is 0 Å². The molecule has 5 heteroatoms. The van der Waals surface area contributed by atoms with Crippen LogP contribution in [-0.2, 0) is 0 Å². The van der Waals surface area contributed by atoms with E-state index in [-0.39, 0.29) is 6.17 Å². The van der Waals surface area contributed by atoms with Crippen molar-refractivity contribution in [2.45, 2.75) is 45.6 Å². The topological polar surface area (TPSA) is 42.7 Å². The number of nitrogens with zero attached hydrogens (tertiary/aromatic N) is 3. The predicted molar refractivity (Wildman–Crippen MR) is 89.5 cm³/mol. The Morgan fingerprint density at radius 1 is 1.38 bits per heavy atom. The summed E-state index contributed by atoms with van der Waals surface area (Å²) in [5, 5.41) is 12.2. The molecular weight excluding hydrogens is 259 g/mol. The number of fused-ring (bicyclic) bond motifs is 1. The van der Waals surface area contributed by atoms with Gasteiger partial charge in [-0.05, 0) is 31.5 Å². The van der Waals surface area contributed by atoms with Crippen LogP contribution in [0.25, 0.3) is 11.0 Å². The molecule has 21 heavy (non-hydrogen) atoms. The largest absolute Gasteiger partial charge is 0.295 e. The molecule has 0 aliphatic heterocycles. The third-order valence-corrected chi connectivity index (χ3v) is 3.70. The van der Waals surface area contributed by atoms with Crippen molar-refractivity contribution in [1.82, 2.24) is 20.3 Å². The first kappa shape index (κ1) is 15.8. The van der Waals surface area contributed by atoms with Crippen LogP contribution in [0.3, 0.4) is 0 Å². The van der Waals surface area contributed by atoms with Crippen molar-refractivity contribution < 1.29 is 0 Å². The van der Waals surface area contributed by atoms with Gasteiger partial charge in [0.25, 0.3) is 0 Å². The van der Waals surface area contributed by atoms with E-state index in [0.717, 1.165) is 29.5 Å². The Kier molecular flexibility index (Phi) is 5.99. The van der Waals surface area contributed by atoms with Crippen molar-refractivity contribution in [2.75, 3.05) is 6.54 Å². The lowest BCUT2D eigenvalue weighted by atomic mass is 9.71. The highest BCUT2D eigenvalue weighted by Crippen LogP contribution is 2.18. The molecule has 1 N–H and O–H groups in total. The van der Waals surface area contributed by atoms with Crippen LogP contribution in [-0.4, -0.2) is 28.8 Å². The highest BCUT2D eigenvalue weighted by Gasteiger charge is 2.15. The number of aromatic nitrogens is 3. The predicted octanol–water partition coefficient (Wildman–Crippen LogP) is 3.37. The van der Waals surface area contributed by atoms with Crippen molar-refractivity contribution in [3.8, 4) is 0 Å². The Balaban J connectivity index is 2.15. The summed E-state index contributed by atoms with van der Waals surface area (Å²) >= 11 is 0. The molecule has 4 nitrogen and oxygen atoms in total. The second-order valence-corrected chi connectivity index (χ2v) is 5.35. The molecule has 0 amide bonds. The third kappa shape index (κ3) is 4.17. The number of benzene rings is 1. The van der Waals surface area contributed by atoms with Gasteiger partial charge in [-0.15, -0.1) is 17.2 Å². The first-order valence-electron chi connectivity index (χ1n) is 7.76. The van der Waals surface area contributed by atoms with Gasteiger partial charge in [0.05, 0.1) is 5.52 Å². The van der Waals surface area contributed by atoms with E-state index in [9.17, 15) is 0 Å². The van der Waals surface area contributed by atoms with E-state index < -0.39 is 0 Å². The molecule has 0 aliphatic rings. The number of nitrogens with one attached hydrogen (secondary N) is 1. The Hall–Kier alpha value is -1.62. The Bertz CT molecular complexity index is 578. The van der Waals surface area contributed by atoms with Gasteiger partial charge in [0.15, 0.2) is 0 Å². The number of para-hydroxylation sites is 1. The molecule has 0 bridgehead atoms. The quantitative estimate of drug-likeness (QED) is 0.567. The fourth-order valence-corrected chi connectivity index (χ4v) is 2.37.